The second kappa shape index (κ2) is 10.1. The lowest BCUT2D eigenvalue weighted by Crippen LogP contribution is -2.32. The van der Waals surface area contributed by atoms with Crippen LogP contribution in [0.3, 0.4) is 0 Å². The van der Waals surface area contributed by atoms with Gasteiger partial charge in [0, 0.05) is 19.3 Å². The standard InChI is InChI=1S/C16H21FN4O3S.ClH/c1-2-7-18-8-9-19-16(22)15-10-12(11-20-15)25(23,24)21-14-6-4-3-5-13(14)17;/h3-6,10-11,18,20-21H,2,7-9H2,1H3,(H,19,22);1H. The van der Waals surface area contributed by atoms with Crippen LogP contribution >= 0.6 is 12.4 Å². The maximum atomic E-state index is 13.6. The molecule has 0 bridgehead atoms. The van der Waals surface area contributed by atoms with E-state index in [1.165, 1.54) is 30.5 Å². The average molecular weight is 405 g/mol. The molecule has 2 rings (SSSR count). The molecule has 0 aliphatic rings. The van der Waals surface area contributed by atoms with Gasteiger partial charge in [-0.05, 0) is 31.2 Å². The van der Waals surface area contributed by atoms with E-state index in [0.717, 1.165) is 19.0 Å². The summed E-state index contributed by atoms with van der Waals surface area (Å²) in [6.07, 6.45) is 2.19. The Hall–Kier alpha value is -2.10. The van der Waals surface area contributed by atoms with Gasteiger partial charge in [0.2, 0.25) is 0 Å². The zero-order chi connectivity index (χ0) is 18.3. The van der Waals surface area contributed by atoms with E-state index in [1.807, 2.05) is 6.92 Å². The van der Waals surface area contributed by atoms with Crippen molar-refractivity contribution in [2.75, 3.05) is 24.4 Å². The van der Waals surface area contributed by atoms with Gasteiger partial charge < -0.3 is 15.6 Å². The highest BCUT2D eigenvalue weighted by Gasteiger charge is 2.19. The predicted octanol–water partition coefficient (Wildman–Crippen LogP) is 2.11. The Morgan fingerprint density at radius 1 is 1.19 bits per heavy atom. The molecule has 0 fully saturated rings. The fraction of sp³-hybridized carbons (Fsp3) is 0.312. The first-order valence-electron chi connectivity index (χ1n) is 7.88. The zero-order valence-electron chi connectivity index (χ0n) is 14.2. The van der Waals surface area contributed by atoms with Gasteiger partial charge in [-0.1, -0.05) is 19.1 Å². The monoisotopic (exact) mass is 404 g/mol. The van der Waals surface area contributed by atoms with E-state index < -0.39 is 21.7 Å². The van der Waals surface area contributed by atoms with Gasteiger partial charge in [-0.25, -0.2) is 12.8 Å². The number of halogens is 2. The van der Waals surface area contributed by atoms with E-state index in [9.17, 15) is 17.6 Å². The van der Waals surface area contributed by atoms with Gasteiger partial charge in [0.1, 0.15) is 16.4 Å². The molecule has 0 aliphatic carbocycles. The molecule has 0 saturated carbocycles. The van der Waals surface area contributed by atoms with E-state index in [1.54, 1.807) is 0 Å². The van der Waals surface area contributed by atoms with Gasteiger partial charge in [-0.2, -0.15) is 0 Å². The fourth-order valence-electron chi connectivity index (χ4n) is 2.07. The van der Waals surface area contributed by atoms with Crippen LogP contribution in [0.1, 0.15) is 23.8 Å². The molecular formula is C16H22ClFN4O3S. The Morgan fingerprint density at radius 3 is 2.62 bits per heavy atom. The highest BCUT2D eigenvalue weighted by Crippen LogP contribution is 2.19. The lowest BCUT2D eigenvalue weighted by molar-refractivity contribution is 0.0949. The number of benzene rings is 1. The first kappa shape index (κ1) is 21.9. The van der Waals surface area contributed by atoms with Crippen molar-refractivity contribution >= 4 is 34.0 Å². The summed E-state index contributed by atoms with van der Waals surface area (Å²) in [5.41, 5.74) is -0.0406. The molecule has 0 atom stereocenters. The molecule has 0 unspecified atom stereocenters. The van der Waals surface area contributed by atoms with Crippen LogP contribution in [0.5, 0.6) is 0 Å². The number of sulfonamides is 1. The summed E-state index contributed by atoms with van der Waals surface area (Å²) in [6.45, 7) is 3.96. The van der Waals surface area contributed by atoms with Gasteiger partial charge in [-0.15, -0.1) is 12.4 Å². The summed E-state index contributed by atoms with van der Waals surface area (Å²) in [5.74, 6) is -1.09. The molecule has 4 N–H and O–H groups in total. The molecule has 26 heavy (non-hydrogen) atoms. The molecule has 10 heteroatoms. The Kier molecular flexibility index (Phi) is 8.56. The number of amides is 1. The summed E-state index contributed by atoms with van der Waals surface area (Å²) >= 11 is 0. The highest BCUT2D eigenvalue weighted by atomic mass is 35.5. The van der Waals surface area contributed by atoms with Crippen molar-refractivity contribution < 1.29 is 17.6 Å². The Balaban J connectivity index is 0.00000338. The minimum Gasteiger partial charge on any atom is -0.356 e. The van der Waals surface area contributed by atoms with Crippen LogP contribution in [0.25, 0.3) is 0 Å². The van der Waals surface area contributed by atoms with Gasteiger partial charge in [0.05, 0.1) is 5.69 Å². The maximum absolute atomic E-state index is 13.6. The first-order valence-corrected chi connectivity index (χ1v) is 9.37. The van der Waals surface area contributed by atoms with Gasteiger partial charge in [0.25, 0.3) is 15.9 Å². The number of carbonyl (C=O) groups is 1. The lowest BCUT2D eigenvalue weighted by Gasteiger charge is -2.07. The molecule has 1 heterocycles. The first-order chi connectivity index (χ1) is 11.9. The van der Waals surface area contributed by atoms with E-state index >= 15 is 0 Å². The second-order valence-electron chi connectivity index (χ2n) is 5.34. The fourth-order valence-corrected chi connectivity index (χ4v) is 3.13. The van der Waals surface area contributed by atoms with E-state index in [0.29, 0.717) is 13.1 Å². The van der Waals surface area contributed by atoms with Crippen molar-refractivity contribution in [3.63, 3.8) is 0 Å². The largest absolute Gasteiger partial charge is 0.356 e. The van der Waals surface area contributed by atoms with Crippen LogP contribution < -0.4 is 15.4 Å². The smallest absolute Gasteiger partial charge is 0.267 e. The Bertz CT molecular complexity index is 826. The number of hydrogen-bond acceptors (Lipinski definition) is 4. The molecule has 144 valence electrons. The number of rotatable bonds is 9. The number of carbonyl (C=O) groups excluding carboxylic acids is 1. The third-order valence-corrected chi connectivity index (χ3v) is 4.69. The van der Waals surface area contributed by atoms with E-state index in [4.69, 9.17) is 0 Å². The van der Waals surface area contributed by atoms with E-state index in [2.05, 4.69) is 20.3 Å². The minimum atomic E-state index is -3.99. The van der Waals surface area contributed by atoms with Crippen molar-refractivity contribution in [3.05, 3.63) is 48.0 Å². The van der Waals surface area contributed by atoms with Crippen LogP contribution in [0.4, 0.5) is 10.1 Å². The summed E-state index contributed by atoms with van der Waals surface area (Å²) in [6, 6.07) is 6.65. The summed E-state index contributed by atoms with van der Waals surface area (Å²) < 4.78 is 40.3. The third kappa shape index (κ3) is 6.01. The predicted molar refractivity (Wildman–Crippen MR) is 101 cm³/mol. The molecule has 0 spiro atoms. The molecule has 2 aromatic rings. The van der Waals surface area contributed by atoms with Crippen molar-refractivity contribution in [1.29, 1.82) is 0 Å². The maximum Gasteiger partial charge on any atom is 0.267 e. The Morgan fingerprint density at radius 2 is 1.92 bits per heavy atom. The number of H-pyrrole nitrogens is 1. The number of para-hydroxylation sites is 1. The molecule has 0 aliphatic heterocycles. The molecule has 0 saturated heterocycles. The Labute approximate surface area is 158 Å². The summed E-state index contributed by atoms with van der Waals surface area (Å²) in [4.78, 5) is 14.5. The van der Waals surface area contributed by atoms with Crippen molar-refractivity contribution in [2.24, 2.45) is 0 Å². The van der Waals surface area contributed by atoms with Crippen LogP contribution in [0, 0.1) is 5.82 Å². The summed E-state index contributed by atoms with van der Waals surface area (Å²) in [7, 11) is -3.99. The lowest BCUT2D eigenvalue weighted by atomic mass is 10.3. The number of hydrogen-bond donors (Lipinski definition) is 4. The van der Waals surface area contributed by atoms with Crippen LogP contribution in [0.15, 0.2) is 41.4 Å². The number of aromatic nitrogens is 1. The SMILES string of the molecule is CCCNCCNC(=O)c1cc(S(=O)(=O)Nc2ccccc2F)c[nH]1.Cl. The van der Waals surface area contributed by atoms with Crippen LogP contribution in [0.2, 0.25) is 0 Å². The molecular weight excluding hydrogens is 383 g/mol. The molecule has 7 nitrogen and oxygen atoms in total. The van der Waals surface area contributed by atoms with Crippen molar-refractivity contribution in [1.82, 2.24) is 15.6 Å². The van der Waals surface area contributed by atoms with Crippen molar-refractivity contribution in [3.8, 4) is 0 Å². The number of nitrogens with one attached hydrogen (secondary N) is 4. The third-order valence-electron chi connectivity index (χ3n) is 3.34. The molecule has 1 aromatic carbocycles. The minimum absolute atomic E-state index is 0. The van der Waals surface area contributed by atoms with E-state index in [-0.39, 0.29) is 28.7 Å². The van der Waals surface area contributed by atoms with Crippen molar-refractivity contribution in [2.45, 2.75) is 18.2 Å². The van der Waals surface area contributed by atoms with Gasteiger partial charge in [-0.3, -0.25) is 9.52 Å². The quantitative estimate of drug-likeness (QED) is 0.480. The normalized spacial score (nSPS) is 10.8. The number of aromatic amines is 1. The van der Waals surface area contributed by atoms with Crippen LogP contribution in [-0.4, -0.2) is 38.9 Å². The van der Waals surface area contributed by atoms with Crippen LogP contribution in [-0.2, 0) is 10.0 Å². The van der Waals surface area contributed by atoms with Gasteiger partial charge >= 0.3 is 0 Å². The molecule has 0 radical (unpaired) electrons. The van der Waals surface area contributed by atoms with Gasteiger partial charge in [0.15, 0.2) is 0 Å². The average Bonchev–Trinajstić information content (AvgIpc) is 3.07. The highest BCUT2D eigenvalue weighted by molar-refractivity contribution is 7.92. The number of anilines is 1. The summed E-state index contributed by atoms with van der Waals surface area (Å²) in [5, 5.41) is 5.81. The molecule has 1 aromatic heterocycles. The zero-order valence-corrected chi connectivity index (χ0v) is 15.8. The topological polar surface area (TPSA) is 103 Å². The second-order valence-corrected chi connectivity index (χ2v) is 7.02. The molecule has 1 amide bonds.